The SMILES string of the molecule is CCN(C(=O)C1CC(=O)NN1)c1cccc(C)c1. The van der Waals surface area contributed by atoms with Crippen molar-refractivity contribution < 1.29 is 9.59 Å². The van der Waals surface area contributed by atoms with Crippen LogP contribution in [0.5, 0.6) is 0 Å². The molecule has 5 nitrogen and oxygen atoms in total. The van der Waals surface area contributed by atoms with Gasteiger partial charge in [0.1, 0.15) is 6.04 Å². The van der Waals surface area contributed by atoms with Crippen molar-refractivity contribution in [3.63, 3.8) is 0 Å². The summed E-state index contributed by atoms with van der Waals surface area (Å²) in [6.45, 7) is 4.49. The van der Waals surface area contributed by atoms with Gasteiger partial charge in [0.25, 0.3) is 0 Å². The highest BCUT2D eigenvalue weighted by molar-refractivity contribution is 6.00. The Balaban J connectivity index is 2.18. The number of hydrogen-bond donors (Lipinski definition) is 2. The minimum absolute atomic E-state index is 0.0820. The molecule has 5 heteroatoms. The fraction of sp³-hybridized carbons (Fsp3) is 0.385. The lowest BCUT2D eigenvalue weighted by Crippen LogP contribution is -2.45. The molecule has 0 aromatic heterocycles. The molecule has 1 saturated heterocycles. The van der Waals surface area contributed by atoms with E-state index in [4.69, 9.17) is 0 Å². The number of carbonyl (C=O) groups is 2. The predicted molar refractivity (Wildman–Crippen MR) is 68.9 cm³/mol. The van der Waals surface area contributed by atoms with E-state index in [0.29, 0.717) is 6.54 Å². The normalized spacial score (nSPS) is 18.6. The molecular formula is C13H17N3O2. The van der Waals surface area contributed by atoms with Crippen LogP contribution in [0.25, 0.3) is 0 Å². The maximum Gasteiger partial charge on any atom is 0.246 e. The number of rotatable bonds is 3. The molecule has 1 fully saturated rings. The monoisotopic (exact) mass is 247 g/mol. The largest absolute Gasteiger partial charge is 0.311 e. The Morgan fingerprint density at radius 3 is 2.83 bits per heavy atom. The van der Waals surface area contributed by atoms with E-state index in [-0.39, 0.29) is 18.2 Å². The topological polar surface area (TPSA) is 61.4 Å². The van der Waals surface area contributed by atoms with Gasteiger partial charge >= 0.3 is 0 Å². The summed E-state index contributed by atoms with van der Waals surface area (Å²) in [4.78, 5) is 25.1. The molecule has 0 radical (unpaired) electrons. The van der Waals surface area contributed by atoms with Gasteiger partial charge in [-0.3, -0.25) is 15.0 Å². The number of nitrogens with one attached hydrogen (secondary N) is 2. The van der Waals surface area contributed by atoms with Gasteiger partial charge in [0.2, 0.25) is 11.8 Å². The first-order valence-corrected chi connectivity index (χ1v) is 6.04. The summed E-state index contributed by atoms with van der Waals surface area (Å²) in [5, 5.41) is 0. The van der Waals surface area contributed by atoms with Crippen molar-refractivity contribution >= 4 is 17.5 Å². The standard InChI is InChI=1S/C13H17N3O2/c1-3-16(10-6-4-5-9(2)7-10)13(18)11-8-12(17)15-14-11/h4-7,11,14H,3,8H2,1-2H3,(H,15,17). The van der Waals surface area contributed by atoms with E-state index in [2.05, 4.69) is 10.9 Å². The number of aryl methyl sites for hydroxylation is 1. The zero-order valence-electron chi connectivity index (χ0n) is 10.6. The number of nitrogens with zero attached hydrogens (tertiary/aromatic N) is 1. The van der Waals surface area contributed by atoms with Crippen molar-refractivity contribution in [2.24, 2.45) is 0 Å². The number of anilines is 1. The second-order valence-corrected chi connectivity index (χ2v) is 4.37. The van der Waals surface area contributed by atoms with Crippen LogP contribution in [0.2, 0.25) is 0 Å². The molecule has 18 heavy (non-hydrogen) atoms. The van der Waals surface area contributed by atoms with Gasteiger partial charge in [-0.2, -0.15) is 0 Å². The van der Waals surface area contributed by atoms with Crippen LogP contribution in [0.3, 0.4) is 0 Å². The molecule has 0 bridgehead atoms. The summed E-state index contributed by atoms with van der Waals surface area (Å²) in [5.41, 5.74) is 7.14. The van der Waals surface area contributed by atoms with E-state index in [1.54, 1.807) is 4.90 Å². The molecule has 96 valence electrons. The van der Waals surface area contributed by atoms with E-state index in [1.165, 1.54) is 0 Å². The summed E-state index contributed by atoms with van der Waals surface area (Å²) in [7, 11) is 0. The van der Waals surface area contributed by atoms with Crippen LogP contribution in [0.1, 0.15) is 18.9 Å². The molecule has 0 spiro atoms. The first-order valence-electron chi connectivity index (χ1n) is 6.04. The van der Waals surface area contributed by atoms with Gasteiger partial charge < -0.3 is 4.90 Å². The molecule has 1 atom stereocenters. The second kappa shape index (κ2) is 5.18. The maximum atomic E-state index is 12.3. The molecule has 1 unspecified atom stereocenters. The van der Waals surface area contributed by atoms with Crippen LogP contribution in [0, 0.1) is 6.92 Å². The van der Waals surface area contributed by atoms with Gasteiger partial charge in [-0.1, -0.05) is 12.1 Å². The van der Waals surface area contributed by atoms with Gasteiger partial charge in [0, 0.05) is 12.2 Å². The van der Waals surface area contributed by atoms with Crippen molar-refractivity contribution in [2.75, 3.05) is 11.4 Å². The fourth-order valence-corrected chi connectivity index (χ4v) is 2.05. The third kappa shape index (κ3) is 2.51. The molecular weight excluding hydrogens is 230 g/mol. The number of likely N-dealkylation sites (N-methyl/N-ethyl adjacent to an activating group) is 1. The van der Waals surface area contributed by atoms with Crippen molar-refractivity contribution in [3.8, 4) is 0 Å². The van der Waals surface area contributed by atoms with Crippen molar-refractivity contribution in [1.82, 2.24) is 10.9 Å². The van der Waals surface area contributed by atoms with Crippen LogP contribution < -0.4 is 15.8 Å². The van der Waals surface area contributed by atoms with Gasteiger partial charge in [0.05, 0.1) is 6.42 Å². The minimum Gasteiger partial charge on any atom is -0.311 e. The van der Waals surface area contributed by atoms with E-state index < -0.39 is 6.04 Å². The average Bonchev–Trinajstić information content (AvgIpc) is 2.77. The lowest BCUT2D eigenvalue weighted by Gasteiger charge is -2.24. The Labute approximate surface area is 106 Å². The van der Waals surface area contributed by atoms with Gasteiger partial charge in [0.15, 0.2) is 0 Å². The highest BCUT2D eigenvalue weighted by Gasteiger charge is 2.31. The number of hydrazine groups is 1. The third-order valence-corrected chi connectivity index (χ3v) is 2.97. The zero-order chi connectivity index (χ0) is 13.1. The highest BCUT2D eigenvalue weighted by Crippen LogP contribution is 2.17. The Bertz CT molecular complexity index is 473. The van der Waals surface area contributed by atoms with Crippen molar-refractivity contribution in [2.45, 2.75) is 26.3 Å². The van der Waals surface area contributed by atoms with Crippen molar-refractivity contribution in [3.05, 3.63) is 29.8 Å². The van der Waals surface area contributed by atoms with Gasteiger partial charge in [-0.25, -0.2) is 5.43 Å². The summed E-state index contributed by atoms with van der Waals surface area (Å²) in [6.07, 6.45) is 0.196. The Hall–Kier alpha value is -1.88. The highest BCUT2D eigenvalue weighted by atomic mass is 16.2. The lowest BCUT2D eigenvalue weighted by molar-refractivity contribution is -0.122. The Kier molecular flexibility index (Phi) is 3.62. The minimum atomic E-state index is -0.474. The molecule has 1 aromatic rings. The van der Waals surface area contributed by atoms with Crippen molar-refractivity contribution in [1.29, 1.82) is 0 Å². The van der Waals surface area contributed by atoms with E-state index >= 15 is 0 Å². The van der Waals surface area contributed by atoms with Crippen LogP contribution >= 0.6 is 0 Å². The third-order valence-electron chi connectivity index (χ3n) is 2.97. The van der Waals surface area contributed by atoms with Gasteiger partial charge in [-0.15, -0.1) is 0 Å². The second-order valence-electron chi connectivity index (χ2n) is 4.37. The Morgan fingerprint density at radius 2 is 2.28 bits per heavy atom. The van der Waals surface area contributed by atoms with Gasteiger partial charge in [-0.05, 0) is 31.5 Å². The zero-order valence-corrected chi connectivity index (χ0v) is 10.6. The molecule has 0 saturated carbocycles. The van der Waals surface area contributed by atoms with Crippen LogP contribution in [-0.2, 0) is 9.59 Å². The van der Waals surface area contributed by atoms with Crippen LogP contribution in [-0.4, -0.2) is 24.4 Å². The molecule has 1 heterocycles. The fourth-order valence-electron chi connectivity index (χ4n) is 2.05. The number of amides is 2. The molecule has 1 aliphatic heterocycles. The predicted octanol–water partition coefficient (Wildman–Crippen LogP) is 0.741. The summed E-state index contributed by atoms with van der Waals surface area (Å²) in [5.74, 6) is -0.227. The quantitative estimate of drug-likeness (QED) is 0.828. The summed E-state index contributed by atoms with van der Waals surface area (Å²) >= 11 is 0. The lowest BCUT2D eigenvalue weighted by atomic mass is 10.1. The first kappa shape index (κ1) is 12.6. The molecule has 2 rings (SSSR count). The van der Waals surface area contributed by atoms with E-state index in [1.807, 2.05) is 38.1 Å². The molecule has 0 aliphatic carbocycles. The maximum absolute atomic E-state index is 12.3. The smallest absolute Gasteiger partial charge is 0.246 e. The van der Waals surface area contributed by atoms with Crippen LogP contribution in [0.15, 0.2) is 24.3 Å². The molecule has 1 aromatic carbocycles. The summed E-state index contributed by atoms with van der Waals surface area (Å²) in [6, 6.07) is 7.30. The molecule has 2 N–H and O–H groups in total. The Morgan fingerprint density at radius 1 is 1.50 bits per heavy atom. The first-order chi connectivity index (χ1) is 8.61. The summed E-state index contributed by atoms with van der Waals surface area (Å²) < 4.78 is 0. The average molecular weight is 247 g/mol. The molecule has 2 amide bonds. The number of carbonyl (C=O) groups excluding carboxylic acids is 2. The number of hydrogen-bond acceptors (Lipinski definition) is 3. The van der Waals surface area contributed by atoms with Crippen LogP contribution in [0.4, 0.5) is 5.69 Å². The number of benzene rings is 1. The van der Waals surface area contributed by atoms with E-state index in [9.17, 15) is 9.59 Å². The molecule has 1 aliphatic rings. The van der Waals surface area contributed by atoms with E-state index in [0.717, 1.165) is 11.3 Å².